The Morgan fingerprint density at radius 1 is 1.06 bits per heavy atom. The smallest absolute Gasteiger partial charge is 0.298 e. The van der Waals surface area contributed by atoms with Crippen LogP contribution in [-0.4, -0.2) is 30.8 Å². The van der Waals surface area contributed by atoms with Gasteiger partial charge in [-0.2, -0.15) is 0 Å². The van der Waals surface area contributed by atoms with Crippen molar-refractivity contribution in [3.8, 4) is 11.5 Å². The average molecular weight is 608 g/mol. The number of hydrogen-bond donors (Lipinski definition) is 1. The standard InChI is InChI=1S/C25H17BrCl2N2O5S/c1-34-21-10-14(11-22-24(32)30(25(33)36-22)17-6-3-15(27)4-7-17)2-9-20(21)35-13-23(31)29-16-5-8-18(26)19(28)12-16/h2-12H,13H2,1H3,(H,29,31)/b22-11-. The van der Waals surface area contributed by atoms with Crippen molar-refractivity contribution in [3.63, 3.8) is 0 Å². The van der Waals surface area contributed by atoms with Gasteiger partial charge < -0.3 is 14.8 Å². The van der Waals surface area contributed by atoms with E-state index in [2.05, 4.69) is 21.2 Å². The van der Waals surface area contributed by atoms with Crippen molar-refractivity contribution < 1.29 is 23.9 Å². The highest BCUT2D eigenvalue weighted by Crippen LogP contribution is 2.37. The van der Waals surface area contributed by atoms with Crippen molar-refractivity contribution >= 4 is 85.4 Å². The Kier molecular flexibility index (Phi) is 8.25. The number of amides is 3. The summed E-state index contributed by atoms with van der Waals surface area (Å²) in [5.41, 5.74) is 1.59. The molecular weight excluding hydrogens is 591 g/mol. The first-order valence-corrected chi connectivity index (χ1v) is 12.7. The average Bonchev–Trinajstić information content (AvgIpc) is 3.13. The third-order valence-corrected chi connectivity index (χ3v) is 7.28. The molecule has 0 spiro atoms. The molecule has 1 aliphatic rings. The lowest BCUT2D eigenvalue weighted by atomic mass is 10.2. The molecule has 0 saturated carbocycles. The van der Waals surface area contributed by atoms with Crippen LogP contribution in [0.1, 0.15) is 5.56 Å². The van der Waals surface area contributed by atoms with Gasteiger partial charge in [-0.05, 0) is 93.9 Å². The third kappa shape index (κ3) is 6.04. The summed E-state index contributed by atoms with van der Waals surface area (Å²) in [7, 11) is 1.46. The summed E-state index contributed by atoms with van der Waals surface area (Å²) in [5, 5.41) is 3.27. The lowest BCUT2D eigenvalue weighted by Gasteiger charge is -2.12. The molecule has 1 saturated heterocycles. The number of halogens is 3. The van der Waals surface area contributed by atoms with Crippen LogP contribution < -0.4 is 19.7 Å². The van der Waals surface area contributed by atoms with Crippen molar-refractivity contribution in [1.29, 1.82) is 0 Å². The van der Waals surface area contributed by atoms with Crippen molar-refractivity contribution in [2.45, 2.75) is 0 Å². The maximum absolute atomic E-state index is 12.9. The SMILES string of the molecule is COc1cc(/C=C2\SC(=O)N(c3ccc(Cl)cc3)C2=O)ccc1OCC(=O)Nc1ccc(Br)c(Cl)c1. The molecule has 0 aliphatic carbocycles. The first-order chi connectivity index (χ1) is 17.2. The van der Waals surface area contributed by atoms with Crippen LogP contribution in [0.15, 0.2) is 70.0 Å². The number of rotatable bonds is 7. The Balaban J connectivity index is 1.44. The molecule has 0 atom stereocenters. The lowest BCUT2D eigenvalue weighted by Crippen LogP contribution is -2.27. The molecule has 1 aliphatic heterocycles. The van der Waals surface area contributed by atoms with Gasteiger partial charge in [-0.1, -0.05) is 29.3 Å². The third-order valence-electron chi connectivity index (χ3n) is 4.93. The van der Waals surface area contributed by atoms with E-state index < -0.39 is 11.1 Å². The molecule has 11 heteroatoms. The molecule has 0 unspecified atom stereocenters. The highest BCUT2D eigenvalue weighted by Gasteiger charge is 2.36. The summed E-state index contributed by atoms with van der Waals surface area (Å²) >= 11 is 16.1. The summed E-state index contributed by atoms with van der Waals surface area (Å²) in [6.45, 7) is -0.261. The van der Waals surface area contributed by atoms with Crippen LogP contribution in [0.25, 0.3) is 6.08 Å². The number of benzene rings is 3. The molecule has 0 radical (unpaired) electrons. The predicted molar refractivity (Wildman–Crippen MR) is 146 cm³/mol. The normalized spacial score (nSPS) is 14.3. The van der Waals surface area contributed by atoms with Gasteiger partial charge in [0.25, 0.3) is 17.1 Å². The zero-order chi connectivity index (χ0) is 25.8. The van der Waals surface area contributed by atoms with E-state index in [-0.39, 0.29) is 17.4 Å². The van der Waals surface area contributed by atoms with Crippen LogP contribution in [0.4, 0.5) is 16.2 Å². The van der Waals surface area contributed by atoms with Crippen LogP contribution in [0.5, 0.6) is 11.5 Å². The van der Waals surface area contributed by atoms with Gasteiger partial charge in [-0.3, -0.25) is 14.4 Å². The monoisotopic (exact) mass is 606 g/mol. The second-order valence-electron chi connectivity index (χ2n) is 7.37. The highest BCUT2D eigenvalue weighted by atomic mass is 79.9. The van der Waals surface area contributed by atoms with E-state index in [1.54, 1.807) is 66.7 Å². The van der Waals surface area contributed by atoms with Crippen LogP contribution >= 0.6 is 50.9 Å². The van der Waals surface area contributed by atoms with Crippen LogP contribution in [-0.2, 0) is 9.59 Å². The Morgan fingerprint density at radius 2 is 1.81 bits per heavy atom. The minimum atomic E-state index is -0.434. The number of carbonyl (C=O) groups is 3. The molecule has 7 nitrogen and oxygen atoms in total. The second-order valence-corrected chi connectivity index (χ2v) is 10.1. The van der Waals surface area contributed by atoms with Crippen molar-refractivity contribution in [3.05, 3.63) is 85.7 Å². The fourth-order valence-corrected chi connectivity index (χ4v) is 4.63. The minimum Gasteiger partial charge on any atom is -0.493 e. The lowest BCUT2D eigenvalue weighted by molar-refractivity contribution is -0.118. The van der Waals surface area contributed by atoms with Gasteiger partial charge in [-0.15, -0.1) is 0 Å². The zero-order valence-corrected chi connectivity index (χ0v) is 22.5. The molecular formula is C25H17BrCl2N2O5S. The molecule has 0 aromatic heterocycles. The Morgan fingerprint density at radius 3 is 2.50 bits per heavy atom. The summed E-state index contributed by atoms with van der Waals surface area (Å²) < 4.78 is 11.7. The van der Waals surface area contributed by atoms with E-state index >= 15 is 0 Å². The van der Waals surface area contributed by atoms with Gasteiger partial charge in [0.05, 0.1) is 22.7 Å². The van der Waals surface area contributed by atoms with Gasteiger partial charge in [-0.25, -0.2) is 4.90 Å². The van der Waals surface area contributed by atoms with Gasteiger partial charge in [0.2, 0.25) is 0 Å². The second kappa shape index (κ2) is 11.4. The fourth-order valence-electron chi connectivity index (χ4n) is 3.24. The number of anilines is 2. The highest BCUT2D eigenvalue weighted by molar-refractivity contribution is 9.10. The van der Waals surface area contributed by atoms with Gasteiger partial charge in [0.1, 0.15) is 0 Å². The number of ether oxygens (including phenoxy) is 2. The summed E-state index contributed by atoms with van der Waals surface area (Å²) in [6.07, 6.45) is 1.59. The minimum absolute atomic E-state index is 0.261. The molecule has 3 amide bonds. The number of nitrogens with zero attached hydrogens (tertiary/aromatic N) is 1. The molecule has 4 rings (SSSR count). The largest absolute Gasteiger partial charge is 0.493 e. The molecule has 36 heavy (non-hydrogen) atoms. The topological polar surface area (TPSA) is 84.9 Å². The van der Waals surface area contributed by atoms with Crippen LogP contribution in [0, 0.1) is 0 Å². The predicted octanol–water partition coefficient (Wildman–Crippen LogP) is 7.02. The first-order valence-electron chi connectivity index (χ1n) is 10.3. The number of nitrogens with one attached hydrogen (secondary N) is 1. The van der Waals surface area contributed by atoms with Crippen LogP contribution in [0.2, 0.25) is 10.0 Å². The molecule has 0 bridgehead atoms. The van der Waals surface area contributed by atoms with E-state index in [1.807, 2.05) is 0 Å². The molecule has 184 valence electrons. The molecule has 1 N–H and O–H groups in total. The van der Waals surface area contributed by atoms with E-state index in [4.69, 9.17) is 32.7 Å². The number of imide groups is 1. The maximum Gasteiger partial charge on any atom is 0.298 e. The Bertz CT molecular complexity index is 1380. The first kappa shape index (κ1) is 26.1. The van der Waals surface area contributed by atoms with E-state index in [9.17, 15) is 14.4 Å². The molecule has 1 heterocycles. The summed E-state index contributed by atoms with van der Waals surface area (Å²) in [4.78, 5) is 39.0. The number of thioether (sulfide) groups is 1. The summed E-state index contributed by atoms with van der Waals surface area (Å²) in [5.74, 6) is -0.111. The van der Waals surface area contributed by atoms with Crippen LogP contribution in [0.3, 0.4) is 0 Å². The fraction of sp³-hybridized carbons (Fsp3) is 0.0800. The molecule has 3 aromatic rings. The van der Waals surface area contributed by atoms with Crippen molar-refractivity contribution in [1.82, 2.24) is 0 Å². The van der Waals surface area contributed by atoms with E-state index in [0.29, 0.717) is 38.5 Å². The Labute approximate surface area is 229 Å². The summed E-state index contributed by atoms with van der Waals surface area (Å²) in [6, 6.07) is 16.5. The quantitative estimate of drug-likeness (QED) is 0.290. The van der Waals surface area contributed by atoms with E-state index in [1.165, 1.54) is 7.11 Å². The van der Waals surface area contributed by atoms with Gasteiger partial charge in [0, 0.05) is 15.2 Å². The van der Waals surface area contributed by atoms with Crippen molar-refractivity contribution in [2.75, 3.05) is 23.9 Å². The van der Waals surface area contributed by atoms with Crippen molar-refractivity contribution in [2.24, 2.45) is 0 Å². The number of carbonyl (C=O) groups excluding carboxylic acids is 3. The van der Waals surface area contributed by atoms with Gasteiger partial charge in [0.15, 0.2) is 18.1 Å². The number of hydrogen-bond acceptors (Lipinski definition) is 6. The molecule has 3 aromatic carbocycles. The van der Waals surface area contributed by atoms with E-state index in [0.717, 1.165) is 21.1 Å². The molecule has 1 fully saturated rings. The Hall–Kier alpha value is -2.98. The van der Waals surface area contributed by atoms with Gasteiger partial charge >= 0.3 is 0 Å². The number of methoxy groups -OCH3 is 1. The zero-order valence-electron chi connectivity index (χ0n) is 18.6. The maximum atomic E-state index is 12.9.